The first kappa shape index (κ1) is 16.7. The van der Waals surface area contributed by atoms with E-state index in [0.29, 0.717) is 18.3 Å². The van der Waals surface area contributed by atoms with Crippen LogP contribution in [0.4, 0.5) is 14.9 Å². The van der Waals surface area contributed by atoms with E-state index in [2.05, 4.69) is 29.4 Å². The zero-order valence-electron chi connectivity index (χ0n) is 13.1. The third-order valence-corrected chi connectivity index (χ3v) is 3.75. The van der Waals surface area contributed by atoms with Crippen molar-refractivity contribution in [1.29, 1.82) is 0 Å². The summed E-state index contributed by atoms with van der Waals surface area (Å²) in [6.07, 6.45) is 0.933. The molecule has 0 aliphatic carbocycles. The van der Waals surface area contributed by atoms with Crippen LogP contribution in [0.5, 0.6) is 0 Å². The van der Waals surface area contributed by atoms with Crippen molar-refractivity contribution in [1.82, 2.24) is 10.2 Å². The molecule has 1 aromatic carbocycles. The Morgan fingerprint density at radius 2 is 2.14 bits per heavy atom. The number of carbonyl (C=O) groups excluding carboxylic acids is 1. The number of morpholine rings is 1. The number of anilines is 1. The maximum atomic E-state index is 12.8. The van der Waals surface area contributed by atoms with Gasteiger partial charge in [-0.15, -0.1) is 0 Å². The smallest absolute Gasteiger partial charge is 0.319 e. The molecule has 0 radical (unpaired) electrons. The Morgan fingerprint density at radius 3 is 2.82 bits per heavy atom. The summed E-state index contributed by atoms with van der Waals surface area (Å²) in [5.74, 6) is -0.324. The van der Waals surface area contributed by atoms with Crippen LogP contribution in [0.25, 0.3) is 0 Å². The normalized spacial score (nSPS) is 19.2. The highest BCUT2D eigenvalue weighted by Gasteiger charge is 2.21. The van der Waals surface area contributed by atoms with Crippen LogP contribution in [-0.4, -0.2) is 49.3 Å². The summed E-state index contributed by atoms with van der Waals surface area (Å²) in [5, 5.41) is 5.46. The maximum Gasteiger partial charge on any atom is 0.319 e. The number of rotatable bonds is 5. The van der Waals surface area contributed by atoms with Crippen LogP contribution in [0, 0.1) is 5.82 Å². The Morgan fingerprint density at radius 1 is 1.41 bits per heavy atom. The number of nitrogens with one attached hydrogen (secondary N) is 2. The molecule has 1 aliphatic heterocycles. The van der Waals surface area contributed by atoms with Crippen LogP contribution < -0.4 is 10.6 Å². The molecule has 0 unspecified atom stereocenters. The van der Waals surface area contributed by atoms with Crippen LogP contribution in [0.3, 0.4) is 0 Å². The zero-order valence-corrected chi connectivity index (χ0v) is 13.1. The van der Waals surface area contributed by atoms with E-state index in [9.17, 15) is 9.18 Å². The molecule has 122 valence electrons. The largest absolute Gasteiger partial charge is 0.375 e. The molecular weight excluding hydrogens is 285 g/mol. The predicted molar refractivity (Wildman–Crippen MR) is 84.5 cm³/mol. The van der Waals surface area contributed by atoms with Crippen molar-refractivity contribution in [2.75, 3.05) is 31.6 Å². The lowest BCUT2D eigenvalue weighted by Gasteiger charge is -2.35. The van der Waals surface area contributed by atoms with Gasteiger partial charge in [-0.05, 0) is 44.5 Å². The van der Waals surface area contributed by atoms with Crippen LogP contribution in [0.15, 0.2) is 24.3 Å². The lowest BCUT2D eigenvalue weighted by molar-refractivity contribution is -0.0411. The second kappa shape index (κ2) is 8.10. The molecule has 1 atom stereocenters. The molecule has 1 heterocycles. The number of amides is 2. The van der Waals surface area contributed by atoms with Gasteiger partial charge >= 0.3 is 6.03 Å². The Balaban J connectivity index is 1.67. The van der Waals surface area contributed by atoms with Gasteiger partial charge in [0.05, 0.1) is 12.7 Å². The number of hydrogen-bond donors (Lipinski definition) is 2. The minimum atomic E-state index is -0.324. The quantitative estimate of drug-likeness (QED) is 0.878. The molecule has 0 aromatic heterocycles. The van der Waals surface area contributed by atoms with Gasteiger partial charge in [0.1, 0.15) is 5.82 Å². The van der Waals surface area contributed by atoms with Gasteiger partial charge in [-0.25, -0.2) is 9.18 Å². The first-order valence-corrected chi connectivity index (χ1v) is 7.70. The second-order valence-electron chi connectivity index (χ2n) is 5.76. The van der Waals surface area contributed by atoms with Crippen LogP contribution in [-0.2, 0) is 4.74 Å². The molecular formula is C16H24FN3O2. The Hall–Kier alpha value is -1.66. The lowest BCUT2D eigenvalue weighted by Crippen LogP contribution is -2.46. The summed E-state index contributed by atoms with van der Waals surface area (Å²) in [7, 11) is 0. The molecule has 5 nitrogen and oxygen atoms in total. The zero-order chi connectivity index (χ0) is 15.9. The summed E-state index contributed by atoms with van der Waals surface area (Å²) in [4.78, 5) is 14.1. The number of carbonyl (C=O) groups is 1. The Bertz CT molecular complexity index is 479. The van der Waals surface area contributed by atoms with Crippen molar-refractivity contribution in [3.05, 3.63) is 30.1 Å². The molecule has 1 aliphatic rings. The molecule has 1 aromatic rings. The fraction of sp³-hybridized carbons (Fsp3) is 0.562. The maximum absolute atomic E-state index is 12.8. The molecule has 0 spiro atoms. The molecule has 22 heavy (non-hydrogen) atoms. The number of ether oxygens (including phenoxy) is 1. The van der Waals surface area contributed by atoms with Crippen molar-refractivity contribution in [2.45, 2.75) is 32.4 Å². The van der Waals surface area contributed by atoms with Gasteiger partial charge in [-0.3, -0.25) is 4.90 Å². The summed E-state index contributed by atoms with van der Waals surface area (Å²) < 4.78 is 18.5. The highest BCUT2D eigenvalue weighted by molar-refractivity contribution is 5.89. The van der Waals surface area contributed by atoms with Crippen molar-refractivity contribution < 1.29 is 13.9 Å². The van der Waals surface area contributed by atoms with E-state index in [0.717, 1.165) is 26.1 Å². The third kappa shape index (κ3) is 5.27. The average Bonchev–Trinajstić information content (AvgIpc) is 2.50. The fourth-order valence-electron chi connectivity index (χ4n) is 2.44. The lowest BCUT2D eigenvalue weighted by atomic mass is 10.2. The minimum Gasteiger partial charge on any atom is -0.375 e. The van der Waals surface area contributed by atoms with E-state index in [1.807, 2.05) is 0 Å². The van der Waals surface area contributed by atoms with Crippen molar-refractivity contribution in [2.24, 2.45) is 0 Å². The molecule has 1 fully saturated rings. The van der Waals surface area contributed by atoms with Crippen LogP contribution >= 0.6 is 0 Å². The third-order valence-electron chi connectivity index (χ3n) is 3.75. The van der Waals surface area contributed by atoms with E-state index in [1.54, 1.807) is 0 Å². The van der Waals surface area contributed by atoms with Gasteiger partial charge in [0, 0.05) is 31.4 Å². The average molecular weight is 309 g/mol. The van der Waals surface area contributed by atoms with Gasteiger partial charge in [0.25, 0.3) is 0 Å². The minimum absolute atomic E-state index is 0.155. The van der Waals surface area contributed by atoms with E-state index in [4.69, 9.17) is 4.74 Å². The monoisotopic (exact) mass is 309 g/mol. The molecule has 0 bridgehead atoms. The number of benzene rings is 1. The predicted octanol–water partition coefficient (Wildman–Crippen LogP) is 2.45. The van der Waals surface area contributed by atoms with E-state index < -0.39 is 0 Å². The standard InChI is InChI=1S/C16H24FN3O2/c1-12(2)20-9-10-22-15(11-20)7-8-18-16(21)19-14-5-3-13(17)4-6-14/h3-6,12,15H,7-11H2,1-2H3,(H2,18,19,21)/t15-/m1/s1. The SMILES string of the molecule is CC(C)N1CCO[C@H](CCNC(=O)Nc2ccc(F)cc2)C1. The van der Waals surface area contributed by atoms with Crippen LogP contribution in [0.2, 0.25) is 0 Å². The summed E-state index contributed by atoms with van der Waals surface area (Å²) in [6, 6.07) is 5.90. The Kier molecular flexibility index (Phi) is 6.15. The topological polar surface area (TPSA) is 53.6 Å². The van der Waals surface area contributed by atoms with Gasteiger partial charge in [-0.2, -0.15) is 0 Å². The molecule has 2 N–H and O–H groups in total. The molecule has 2 rings (SSSR count). The number of hydrogen-bond acceptors (Lipinski definition) is 3. The summed E-state index contributed by atoms with van der Waals surface area (Å²) >= 11 is 0. The summed E-state index contributed by atoms with van der Waals surface area (Å²) in [6.45, 7) is 7.51. The first-order valence-electron chi connectivity index (χ1n) is 7.70. The number of urea groups is 1. The Labute approximate surface area is 130 Å². The molecule has 6 heteroatoms. The number of halogens is 1. The highest BCUT2D eigenvalue weighted by atomic mass is 19.1. The van der Waals surface area contributed by atoms with E-state index in [-0.39, 0.29) is 18.0 Å². The van der Waals surface area contributed by atoms with Gasteiger partial charge < -0.3 is 15.4 Å². The van der Waals surface area contributed by atoms with Gasteiger partial charge in [0.2, 0.25) is 0 Å². The second-order valence-corrected chi connectivity index (χ2v) is 5.76. The number of nitrogens with zero attached hydrogens (tertiary/aromatic N) is 1. The molecule has 2 amide bonds. The van der Waals surface area contributed by atoms with E-state index >= 15 is 0 Å². The van der Waals surface area contributed by atoms with Crippen molar-refractivity contribution in [3.63, 3.8) is 0 Å². The molecule has 0 saturated carbocycles. The molecule has 1 saturated heterocycles. The van der Waals surface area contributed by atoms with Gasteiger partial charge in [0.15, 0.2) is 0 Å². The van der Waals surface area contributed by atoms with Crippen molar-refractivity contribution >= 4 is 11.7 Å². The highest BCUT2D eigenvalue weighted by Crippen LogP contribution is 2.11. The first-order chi connectivity index (χ1) is 10.5. The van der Waals surface area contributed by atoms with Crippen LogP contribution in [0.1, 0.15) is 20.3 Å². The van der Waals surface area contributed by atoms with Crippen molar-refractivity contribution in [3.8, 4) is 0 Å². The van der Waals surface area contributed by atoms with E-state index in [1.165, 1.54) is 24.3 Å². The summed E-state index contributed by atoms with van der Waals surface area (Å²) in [5.41, 5.74) is 0.568. The fourth-order valence-corrected chi connectivity index (χ4v) is 2.44. The van der Waals surface area contributed by atoms with Gasteiger partial charge in [-0.1, -0.05) is 0 Å².